The average molecular weight is 697 g/mol. The summed E-state index contributed by atoms with van der Waals surface area (Å²) in [6, 6.07) is 0.331. The van der Waals surface area contributed by atoms with E-state index in [4.69, 9.17) is 9.84 Å². The van der Waals surface area contributed by atoms with Crippen molar-refractivity contribution in [3.8, 4) is 11.1 Å². The van der Waals surface area contributed by atoms with Gasteiger partial charge in [0.15, 0.2) is 0 Å². The van der Waals surface area contributed by atoms with Gasteiger partial charge in [-0.3, -0.25) is 9.48 Å². The molecule has 1 aromatic carbocycles. The van der Waals surface area contributed by atoms with Crippen molar-refractivity contribution in [2.75, 3.05) is 4.90 Å². The molecule has 1 aliphatic carbocycles. The standard InChI is InChI=1S/C33H38F6N6O4/c1-4-25-12-27(13-26(5-2)45(25)31(48)49-28-8-19(9-28)10-29(46)47)44(30-40-14-21(15-41-30)22-16-42-43(3)18-22)17-20-6-23(32(34,35)36)11-24(7-20)33(37,38)39/h6-7,11,14-16,18-19,25-28H,4-5,8-10,12-13,17H2,1-3H3,(H,46,47)/t19-,25-,26+,27+,28-. The van der Waals surface area contributed by atoms with Gasteiger partial charge in [0.1, 0.15) is 6.10 Å². The fourth-order valence-electron chi connectivity index (χ4n) is 6.78. The Morgan fingerprint density at radius 1 is 0.898 bits per heavy atom. The van der Waals surface area contributed by atoms with Gasteiger partial charge in [-0.1, -0.05) is 13.8 Å². The molecule has 0 unspecified atom stereocenters. The summed E-state index contributed by atoms with van der Waals surface area (Å²) >= 11 is 0. The van der Waals surface area contributed by atoms with Gasteiger partial charge < -0.3 is 19.6 Å². The number of halogens is 6. The number of aryl methyl sites for hydroxylation is 1. The lowest BCUT2D eigenvalue weighted by atomic mass is 9.80. The highest BCUT2D eigenvalue weighted by Crippen LogP contribution is 2.39. The second-order valence-electron chi connectivity index (χ2n) is 12.8. The fourth-order valence-corrected chi connectivity index (χ4v) is 6.78. The molecule has 1 amide bonds. The zero-order valence-electron chi connectivity index (χ0n) is 27.2. The molecule has 1 aliphatic heterocycles. The summed E-state index contributed by atoms with van der Waals surface area (Å²) in [5.41, 5.74) is -1.71. The molecule has 16 heteroatoms. The molecule has 1 N–H and O–H groups in total. The number of rotatable bonds is 10. The van der Waals surface area contributed by atoms with Crippen LogP contribution in [0.3, 0.4) is 0 Å². The maximum Gasteiger partial charge on any atom is 0.416 e. The van der Waals surface area contributed by atoms with Crippen molar-refractivity contribution in [3.63, 3.8) is 0 Å². The van der Waals surface area contributed by atoms with Crippen LogP contribution in [-0.2, 0) is 35.5 Å². The summed E-state index contributed by atoms with van der Waals surface area (Å²) in [5.74, 6) is -0.853. The smallest absolute Gasteiger partial charge is 0.416 e. The van der Waals surface area contributed by atoms with Gasteiger partial charge in [0.05, 0.1) is 17.3 Å². The fraction of sp³-hybridized carbons (Fsp3) is 0.545. The number of hydrogen-bond acceptors (Lipinski definition) is 7. The lowest BCUT2D eigenvalue weighted by Crippen LogP contribution is -2.57. The molecular weight excluding hydrogens is 658 g/mol. The van der Waals surface area contributed by atoms with Crippen LogP contribution < -0.4 is 4.90 Å². The number of carbonyl (C=O) groups excluding carboxylic acids is 1. The number of likely N-dealkylation sites (tertiary alicyclic amines) is 1. The molecule has 0 bridgehead atoms. The zero-order chi connectivity index (χ0) is 35.7. The molecular formula is C33H38F6N6O4. The number of benzene rings is 1. The van der Waals surface area contributed by atoms with Crippen molar-refractivity contribution in [1.82, 2.24) is 24.6 Å². The largest absolute Gasteiger partial charge is 0.481 e. The third-order valence-corrected chi connectivity index (χ3v) is 9.33. The van der Waals surface area contributed by atoms with E-state index in [2.05, 4.69) is 15.1 Å². The summed E-state index contributed by atoms with van der Waals surface area (Å²) < 4.78 is 90.0. The molecule has 49 heavy (non-hydrogen) atoms. The molecule has 0 radical (unpaired) electrons. The summed E-state index contributed by atoms with van der Waals surface area (Å²) in [7, 11) is 1.74. The number of carboxylic acid groups (broad SMARTS) is 1. The van der Waals surface area contributed by atoms with E-state index >= 15 is 0 Å². The van der Waals surface area contributed by atoms with E-state index < -0.39 is 47.7 Å². The van der Waals surface area contributed by atoms with Crippen LogP contribution in [0, 0.1) is 5.92 Å². The lowest BCUT2D eigenvalue weighted by Gasteiger charge is -2.48. The van der Waals surface area contributed by atoms with Crippen LogP contribution in [0.1, 0.15) is 75.5 Å². The highest BCUT2D eigenvalue weighted by atomic mass is 19.4. The Hall–Kier alpha value is -4.37. The van der Waals surface area contributed by atoms with Gasteiger partial charge in [0.2, 0.25) is 5.95 Å². The molecule has 1 saturated heterocycles. The van der Waals surface area contributed by atoms with Crippen LogP contribution >= 0.6 is 0 Å². The highest BCUT2D eigenvalue weighted by Gasteiger charge is 2.43. The van der Waals surface area contributed by atoms with Crippen LogP contribution in [0.2, 0.25) is 0 Å². The van der Waals surface area contributed by atoms with Crippen LogP contribution in [0.5, 0.6) is 0 Å². The average Bonchev–Trinajstić information content (AvgIpc) is 3.46. The zero-order valence-corrected chi connectivity index (χ0v) is 27.2. The number of nitrogens with zero attached hydrogens (tertiary/aromatic N) is 6. The van der Waals surface area contributed by atoms with Gasteiger partial charge in [0, 0.05) is 67.9 Å². The van der Waals surface area contributed by atoms with Gasteiger partial charge in [-0.2, -0.15) is 31.4 Å². The summed E-state index contributed by atoms with van der Waals surface area (Å²) in [4.78, 5) is 36.8. The van der Waals surface area contributed by atoms with E-state index in [1.54, 1.807) is 33.9 Å². The Morgan fingerprint density at radius 2 is 1.47 bits per heavy atom. The Morgan fingerprint density at radius 3 is 1.94 bits per heavy atom. The van der Waals surface area contributed by atoms with Gasteiger partial charge in [-0.25, -0.2) is 14.8 Å². The first-order valence-electron chi connectivity index (χ1n) is 16.1. The number of carbonyl (C=O) groups is 2. The van der Waals surface area contributed by atoms with E-state index in [1.807, 2.05) is 13.8 Å². The Balaban J connectivity index is 1.45. The minimum absolute atomic E-state index is 0.00603. The minimum Gasteiger partial charge on any atom is -0.481 e. The van der Waals surface area contributed by atoms with Crippen LogP contribution in [0.4, 0.5) is 37.1 Å². The number of amides is 1. The maximum atomic E-state index is 13.8. The van der Waals surface area contributed by atoms with Crippen LogP contribution in [0.15, 0.2) is 43.0 Å². The van der Waals surface area contributed by atoms with Gasteiger partial charge in [-0.15, -0.1) is 0 Å². The van der Waals surface area contributed by atoms with Crippen LogP contribution in [-0.4, -0.2) is 66.0 Å². The predicted octanol–water partition coefficient (Wildman–Crippen LogP) is 7.33. The van der Waals surface area contributed by atoms with Crippen molar-refractivity contribution in [2.24, 2.45) is 13.0 Å². The van der Waals surface area contributed by atoms with Crippen molar-refractivity contribution < 1.29 is 45.8 Å². The minimum atomic E-state index is -5.01. The molecule has 3 heterocycles. The van der Waals surface area contributed by atoms with Crippen LogP contribution in [0.25, 0.3) is 11.1 Å². The molecule has 2 fully saturated rings. The number of alkyl halides is 6. The quantitative estimate of drug-likeness (QED) is 0.219. The molecule has 0 spiro atoms. The lowest BCUT2D eigenvalue weighted by molar-refractivity contribution is -0.143. The SMILES string of the molecule is CC[C@@H]1C[C@H](N(Cc2cc(C(F)(F)F)cc(C(F)(F)F)c2)c2ncc(-c3cnn(C)c3)cn2)C[C@H](CC)N1C(=O)O[C@H]1C[C@H](CC(=O)O)C1. The van der Waals surface area contributed by atoms with Crippen molar-refractivity contribution >= 4 is 18.0 Å². The van der Waals surface area contributed by atoms with Crippen molar-refractivity contribution in [1.29, 1.82) is 0 Å². The number of aliphatic carboxylic acids is 1. The van der Waals surface area contributed by atoms with E-state index in [-0.39, 0.29) is 48.5 Å². The second-order valence-corrected chi connectivity index (χ2v) is 12.8. The number of anilines is 1. The Labute approximate surface area is 279 Å². The highest BCUT2D eigenvalue weighted by molar-refractivity contribution is 5.70. The molecule has 1 saturated carbocycles. The molecule has 266 valence electrons. The van der Waals surface area contributed by atoms with E-state index in [0.717, 1.165) is 5.56 Å². The molecule has 2 aliphatic rings. The number of carboxylic acids is 1. The van der Waals surface area contributed by atoms with E-state index in [0.29, 0.717) is 56.2 Å². The molecule has 3 aromatic rings. The Kier molecular flexibility index (Phi) is 10.4. The number of aromatic nitrogens is 4. The van der Waals surface area contributed by atoms with Crippen molar-refractivity contribution in [3.05, 3.63) is 59.7 Å². The molecule has 3 atom stereocenters. The number of hydrogen-bond donors (Lipinski definition) is 1. The normalized spacial score (nSPS) is 22.8. The first-order chi connectivity index (χ1) is 23.0. The monoisotopic (exact) mass is 696 g/mol. The summed E-state index contributed by atoms with van der Waals surface area (Å²) in [6.07, 6.45) is -1.94. The molecule has 2 aromatic heterocycles. The molecule has 5 rings (SSSR count). The van der Waals surface area contributed by atoms with Gasteiger partial charge in [0.25, 0.3) is 0 Å². The first kappa shape index (κ1) is 35.9. The van der Waals surface area contributed by atoms with Crippen molar-refractivity contribution in [2.45, 2.75) is 102 Å². The maximum absolute atomic E-state index is 13.8. The number of ether oxygens (including phenoxy) is 1. The summed E-state index contributed by atoms with van der Waals surface area (Å²) in [6.45, 7) is 3.42. The first-order valence-corrected chi connectivity index (χ1v) is 16.1. The third kappa shape index (κ3) is 8.44. The van der Waals surface area contributed by atoms with E-state index in [9.17, 15) is 35.9 Å². The third-order valence-electron chi connectivity index (χ3n) is 9.33. The summed E-state index contributed by atoms with van der Waals surface area (Å²) in [5, 5.41) is 13.2. The molecule has 10 nitrogen and oxygen atoms in total. The van der Waals surface area contributed by atoms with Gasteiger partial charge in [-0.05, 0) is 68.2 Å². The topological polar surface area (TPSA) is 114 Å². The number of piperidine rings is 1. The van der Waals surface area contributed by atoms with Gasteiger partial charge >= 0.3 is 24.4 Å². The second kappa shape index (κ2) is 14.2. The predicted molar refractivity (Wildman–Crippen MR) is 165 cm³/mol. The van der Waals surface area contributed by atoms with E-state index in [1.165, 1.54) is 12.4 Å². The Bertz CT molecular complexity index is 1580.